The van der Waals surface area contributed by atoms with Crippen molar-refractivity contribution in [1.82, 2.24) is 15.2 Å². The van der Waals surface area contributed by atoms with Crippen molar-refractivity contribution in [2.45, 2.75) is 50.2 Å². The predicted octanol–water partition coefficient (Wildman–Crippen LogP) is 0.138. The van der Waals surface area contributed by atoms with Gasteiger partial charge in [-0.15, -0.1) is 0 Å². The number of carbonyl (C=O) groups is 3. The Labute approximate surface area is 216 Å². The fourth-order valence-corrected chi connectivity index (χ4v) is 3.85. The zero-order valence-corrected chi connectivity index (χ0v) is 20.9. The van der Waals surface area contributed by atoms with Gasteiger partial charge in [0.25, 0.3) is 5.91 Å². The van der Waals surface area contributed by atoms with E-state index < -0.39 is 47.1 Å². The number of pyridine rings is 1. The van der Waals surface area contributed by atoms with Crippen LogP contribution < -0.4 is 11.1 Å². The fraction of sp³-hybridized carbons (Fsp3) is 0.500. The number of aliphatic carboxylic acids is 2. The molecular weight excluding hydrogens is 510 g/mol. The maximum absolute atomic E-state index is 15.1. The highest BCUT2D eigenvalue weighted by Gasteiger charge is 2.36. The van der Waals surface area contributed by atoms with Gasteiger partial charge in [0.2, 0.25) is 0 Å². The standard InChI is InChI=1S/C20H26F2N4O2.C4H6O6/c1-19(2,28)12-26-8-5-20(22,6-9-26)11-25-18(27)14-10-15(21)16(23)13-4-3-7-24-17(13)14;5-1(3(7)8)2(6)4(9)10/h3-4,7,10,28H,5-6,8-9,11-12,23H2,1-2H3,(H,25,27);1-2,5-6H,(H,7,8)(H,9,10). The predicted molar refractivity (Wildman–Crippen MR) is 132 cm³/mol. The Balaban J connectivity index is 0.000000432. The molecule has 0 aliphatic carbocycles. The number of hydrogen-bond donors (Lipinski definition) is 7. The Morgan fingerprint density at radius 3 is 2.24 bits per heavy atom. The molecule has 1 aromatic heterocycles. The van der Waals surface area contributed by atoms with E-state index in [1.165, 1.54) is 6.20 Å². The van der Waals surface area contributed by atoms with Crippen LogP contribution in [0.15, 0.2) is 24.4 Å². The average Bonchev–Trinajstić information content (AvgIpc) is 2.85. The highest BCUT2D eigenvalue weighted by molar-refractivity contribution is 6.08. The second-order valence-corrected chi connectivity index (χ2v) is 9.71. The Kier molecular flexibility index (Phi) is 10.0. The molecule has 1 aliphatic rings. The van der Waals surface area contributed by atoms with Crippen LogP contribution in [0.5, 0.6) is 0 Å². The molecule has 8 N–H and O–H groups in total. The number of nitrogens with two attached hydrogens (primary N) is 1. The van der Waals surface area contributed by atoms with E-state index >= 15 is 4.39 Å². The molecule has 2 unspecified atom stereocenters. The van der Waals surface area contributed by atoms with Gasteiger partial charge in [-0.2, -0.15) is 0 Å². The number of aliphatic hydroxyl groups excluding tert-OH is 2. The summed E-state index contributed by atoms with van der Waals surface area (Å²) in [6.07, 6.45) is -2.54. The number of rotatable bonds is 8. The number of fused-ring (bicyclic) bond motifs is 1. The van der Waals surface area contributed by atoms with E-state index in [1.54, 1.807) is 26.0 Å². The molecule has 14 heteroatoms. The van der Waals surface area contributed by atoms with Crippen molar-refractivity contribution < 1.29 is 48.7 Å². The molecular formula is C24H32F2N4O8. The minimum absolute atomic E-state index is 0.0327. The third-order valence-electron chi connectivity index (χ3n) is 5.86. The molecule has 2 aromatic rings. The number of hydrogen-bond acceptors (Lipinski definition) is 9. The largest absolute Gasteiger partial charge is 0.479 e. The first-order valence-corrected chi connectivity index (χ1v) is 11.6. The van der Waals surface area contributed by atoms with Crippen LogP contribution in [0.3, 0.4) is 0 Å². The summed E-state index contributed by atoms with van der Waals surface area (Å²) < 4.78 is 29.2. The number of carboxylic acid groups (broad SMARTS) is 2. The summed E-state index contributed by atoms with van der Waals surface area (Å²) in [6, 6.07) is 4.24. The second-order valence-electron chi connectivity index (χ2n) is 9.71. The number of piperidine rings is 1. The first-order chi connectivity index (χ1) is 17.5. The van der Waals surface area contributed by atoms with Gasteiger partial charge < -0.3 is 41.5 Å². The van der Waals surface area contributed by atoms with Gasteiger partial charge in [-0.05, 0) is 44.9 Å². The molecule has 0 saturated carbocycles. The van der Waals surface area contributed by atoms with E-state index in [2.05, 4.69) is 10.3 Å². The average molecular weight is 543 g/mol. The van der Waals surface area contributed by atoms with Crippen LogP contribution in [-0.2, 0) is 9.59 Å². The number of benzene rings is 1. The van der Waals surface area contributed by atoms with Crippen molar-refractivity contribution in [3.05, 3.63) is 35.8 Å². The summed E-state index contributed by atoms with van der Waals surface area (Å²) in [5.74, 6) is -4.83. The Morgan fingerprint density at radius 1 is 1.18 bits per heavy atom. The van der Waals surface area contributed by atoms with Gasteiger partial charge in [-0.1, -0.05) is 0 Å². The molecule has 2 atom stereocenters. The van der Waals surface area contributed by atoms with E-state index in [0.29, 0.717) is 25.0 Å². The molecule has 1 fully saturated rings. The van der Waals surface area contributed by atoms with Crippen LogP contribution in [0, 0.1) is 5.82 Å². The summed E-state index contributed by atoms with van der Waals surface area (Å²) in [5.41, 5.74) is 3.60. The Bertz CT molecular complexity index is 1150. The van der Waals surface area contributed by atoms with E-state index in [-0.39, 0.29) is 36.2 Å². The van der Waals surface area contributed by atoms with Gasteiger partial charge in [0.1, 0.15) is 11.5 Å². The summed E-state index contributed by atoms with van der Waals surface area (Å²) in [7, 11) is 0. The lowest BCUT2D eigenvalue weighted by Crippen LogP contribution is -2.50. The topological polar surface area (TPSA) is 207 Å². The van der Waals surface area contributed by atoms with Crippen molar-refractivity contribution >= 4 is 34.4 Å². The van der Waals surface area contributed by atoms with Gasteiger partial charge in [0.05, 0.1) is 28.9 Å². The molecule has 3 rings (SSSR count). The van der Waals surface area contributed by atoms with Gasteiger partial charge in [0, 0.05) is 31.2 Å². The zero-order valence-electron chi connectivity index (χ0n) is 20.9. The molecule has 12 nitrogen and oxygen atoms in total. The normalized spacial score (nSPS) is 17.1. The number of halogens is 2. The van der Waals surface area contributed by atoms with E-state index in [0.717, 1.165) is 6.07 Å². The van der Waals surface area contributed by atoms with Crippen LogP contribution in [0.1, 0.15) is 37.0 Å². The minimum atomic E-state index is -2.27. The quantitative estimate of drug-likeness (QED) is 0.223. The molecule has 0 bridgehead atoms. The first kappa shape index (κ1) is 30.8. The number of nitrogens with one attached hydrogen (secondary N) is 1. The maximum Gasteiger partial charge on any atom is 0.335 e. The van der Waals surface area contributed by atoms with Crippen LogP contribution >= 0.6 is 0 Å². The molecule has 0 spiro atoms. The number of alkyl halides is 1. The zero-order chi connectivity index (χ0) is 28.8. The Morgan fingerprint density at radius 2 is 1.74 bits per heavy atom. The van der Waals surface area contributed by atoms with Crippen molar-refractivity contribution in [2.24, 2.45) is 0 Å². The number of β-amino-alcohol motifs (C(OH)–C–C–N with tert-alkyl or cyclic N) is 1. The molecule has 1 saturated heterocycles. The number of nitrogen functional groups attached to an aromatic ring is 1. The van der Waals surface area contributed by atoms with Crippen LogP contribution in [-0.4, -0.2) is 103 Å². The molecule has 1 aromatic carbocycles. The second kappa shape index (κ2) is 12.4. The van der Waals surface area contributed by atoms with E-state index in [4.69, 9.17) is 26.2 Å². The van der Waals surface area contributed by atoms with Gasteiger partial charge >= 0.3 is 11.9 Å². The lowest BCUT2D eigenvalue weighted by Gasteiger charge is -2.38. The molecule has 2 heterocycles. The molecule has 0 radical (unpaired) electrons. The third-order valence-corrected chi connectivity index (χ3v) is 5.86. The van der Waals surface area contributed by atoms with E-state index in [1.807, 2.05) is 4.90 Å². The van der Waals surface area contributed by atoms with Gasteiger partial charge in [-0.25, -0.2) is 18.4 Å². The van der Waals surface area contributed by atoms with Gasteiger partial charge in [0.15, 0.2) is 12.2 Å². The van der Waals surface area contributed by atoms with Crippen LogP contribution in [0.4, 0.5) is 14.5 Å². The maximum atomic E-state index is 15.1. The van der Waals surface area contributed by atoms with Gasteiger partial charge in [-0.3, -0.25) is 9.78 Å². The van der Waals surface area contributed by atoms with E-state index in [9.17, 15) is 23.9 Å². The van der Waals surface area contributed by atoms with Crippen molar-refractivity contribution in [3.63, 3.8) is 0 Å². The van der Waals surface area contributed by atoms with Crippen molar-refractivity contribution in [3.8, 4) is 0 Å². The number of aliphatic hydroxyl groups is 3. The molecule has 1 aliphatic heterocycles. The fourth-order valence-electron chi connectivity index (χ4n) is 3.85. The van der Waals surface area contributed by atoms with Crippen LogP contribution in [0.2, 0.25) is 0 Å². The summed E-state index contributed by atoms with van der Waals surface area (Å²) in [6.45, 7) is 4.73. The minimum Gasteiger partial charge on any atom is -0.479 e. The van der Waals surface area contributed by atoms with Crippen molar-refractivity contribution in [2.75, 3.05) is 31.9 Å². The molecule has 1 amide bonds. The number of nitrogens with zero attached hydrogens (tertiary/aromatic N) is 2. The Hall–Kier alpha value is -3.46. The monoisotopic (exact) mass is 542 g/mol. The smallest absolute Gasteiger partial charge is 0.335 e. The SMILES string of the molecule is CC(C)(O)CN1CCC(F)(CNC(=O)c2cc(F)c(N)c3cccnc23)CC1.O=C(O)C(O)C(O)C(=O)O. The number of carboxylic acids is 2. The lowest BCUT2D eigenvalue weighted by molar-refractivity contribution is -0.165. The summed E-state index contributed by atoms with van der Waals surface area (Å²) in [4.78, 5) is 38.3. The first-order valence-electron chi connectivity index (χ1n) is 11.6. The summed E-state index contributed by atoms with van der Waals surface area (Å²) in [5, 5.41) is 45.4. The van der Waals surface area contributed by atoms with Crippen molar-refractivity contribution in [1.29, 1.82) is 0 Å². The number of aromatic nitrogens is 1. The number of likely N-dealkylation sites (tertiary alicyclic amines) is 1. The van der Waals surface area contributed by atoms with Crippen LogP contribution in [0.25, 0.3) is 10.9 Å². The highest BCUT2D eigenvalue weighted by atomic mass is 19.1. The molecule has 210 valence electrons. The number of amides is 1. The third kappa shape index (κ3) is 8.28. The lowest BCUT2D eigenvalue weighted by atomic mass is 9.92. The molecule has 38 heavy (non-hydrogen) atoms. The number of carbonyl (C=O) groups excluding carboxylic acids is 1. The summed E-state index contributed by atoms with van der Waals surface area (Å²) >= 11 is 0. The number of anilines is 1. The highest BCUT2D eigenvalue weighted by Crippen LogP contribution is 2.28.